The zero-order valence-electron chi connectivity index (χ0n) is 60.2. The molecule has 0 aliphatic carbocycles. The minimum absolute atomic E-state index is 0.182. The van der Waals surface area contributed by atoms with Gasteiger partial charge in [-0.3, -0.25) is 9.59 Å². The summed E-state index contributed by atoms with van der Waals surface area (Å²) in [5.74, 6) is -1.99. The molecule has 9 heteroatoms. The van der Waals surface area contributed by atoms with E-state index in [4.69, 9.17) is 18.9 Å². The summed E-state index contributed by atoms with van der Waals surface area (Å²) in [6, 6.07) is 0. The average molecular weight is 1270 g/mol. The predicted octanol–water partition coefficient (Wildman–Crippen LogP) is 24.4. The molecule has 0 spiro atoms. The molecule has 0 heterocycles. The highest BCUT2D eigenvalue weighted by molar-refractivity contribution is 5.71. The van der Waals surface area contributed by atoms with Crippen LogP contribution in [0.25, 0.3) is 0 Å². The fourth-order valence-corrected chi connectivity index (χ4v) is 11.0. The van der Waals surface area contributed by atoms with E-state index in [1.165, 1.54) is 238 Å². The van der Waals surface area contributed by atoms with Gasteiger partial charge in [-0.1, -0.05) is 336 Å². The Bertz CT molecular complexity index is 1820. The van der Waals surface area contributed by atoms with Gasteiger partial charge in [0.25, 0.3) is 6.29 Å². The molecule has 0 fully saturated rings. The minimum atomic E-state index is -1.51. The third-order valence-corrected chi connectivity index (χ3v) is 16.8. The van der Waals surface area contributed by atoms with Gasteiger partial charge in [0.1, 0.15) is 13.2 Å². The number of hydrogen-bond acceptors (Lipinski definition) is 7. The molecule has 9 nitrogen and oxygen atoms in total. The Balaban J connectivity index is 4.06. The van der Waals surface area contributed by atoms with Crippen molar-refractivity contribution in [2.24, 2.45) is 0 Å². The number of ether oxygens (including phenoxy) is 4. The van der Waals surface area contributed by atoms with E-state index in [-0.39, 0.29) is 32.2 Å². The fraction of sp³-hybridized carbons (Fsp3) is 0.768. The van der Waals surface area contributed by atoms with Gasteiger partial charge in [0.15, 0.2) is 6.10 Å². The molecule has 2 atom stereocenters. The van der Waals surface area contributed by atoms with E-state index in [0.717, 1.165) is 83.5 Å². The van der Waals surface area contributed by atoms with E-state index in [9.17, 15) is 19.5 Å². The Kier molecular flexibility index (Phi) is 69.0. The average Bonchev–Trinajstić information content (AvgIpc) is 3.46. The summed E-state index contributed by atoms with van der Waals surface area (Å²) < 4.78 is 23.0. The number of quaternary nitrogens is 1. The predicted molar refractivity (Wildman–Crippen MR) is 392 cm³/mol. The van der Waals surface area contributed by atoms with Gasteiger partial charge < -0.3 is 28.5 Å². The van der Waals surface area contributed by atoms with Crippen molar-refractivity contribution in [3.8, 4) is 0 Å². The summed E-state index contributed by atoms with van der Waals surface area (Å²) in [6.07, 6.45) is 96.9. The number of unbranched alkanes of at least 4 members (excludes halogenated alkanes) is 40. The highest BCUT2D eigenvalue weighted by Crippen LogP contribution is 2.18. The van der Waals surface area contributed by atoms with Gasteiger partial charge in [0.2, 0.25) is 0 Å². The molecular weight excluding hydrogens is 1130 g/mol. The second-order valence-corrected chi connectivity index (χ2v) is 26.9. The molecule has 0 amide bonds. The molecule has 0 aromatic heterocycles. The highest BCUT2D eigenvalue weighted by atomic mass is 16.7. The highest BCUT2D eigenvalue weighted by Gasteiger charge is 2.25. The number of esters is 2. The van der Waals surface area contributed by atoms with Gasteiger partial charge in [0.05, 0.1) is 34.4 Å². The van der Waals surface area contributed by atoms with Crippen molar-refractivity contribution in [2.45, 2.75) is 360 Å². The molecule has 526 valence electrons. The molecule has 0 radical (unpaired) electrons. The van der Waals surface area contributed by atoms with Gasteiger partial charge >= 0.3 is 17.9 Å². The lowest BCUT2D eigenvalue weighted by molar-refractivity contribution is -0.870. The minimum Gasteiger partial charge on any atom is -0.477 e. The normalized spacial score (nSPS) is 13.2. The SMILES string of the molecule is CC/C=C\C/C=C\C/C=C\C/C=C\C/C=C\C/C=C\C/C=C\CCCCCCCCCCCCCCCC(=O)OC(COC(=O)CCCCCCCCCCCCCCCCCCCCC/C=C\CCCCCCCCCC)COC(OCC[N+](C)(C)C)C(=O)O. The van der Waals surface area contributed by atoms with Crippen LogP contribution in [0.1, 0.15) is 348 Å². The molecule has 0 aromatic carbocycles. The Morgan fingerprint density at radius 3 is 0.945 bits per heavy atom. The van der Waals surface area contributed by atoms with Crippen LogP contribution in [-0.2, 0) is 33.3 Å². The lowest BCUT2D eigenvalue weighted by Crippen LogP contribution is -2.40. The summed E-state index contributed by atoms with van der Waals surface area (Å²) in [7, 11) is 5.99. The van der Waals surface area contributed by atoms with Crippen LogP contribution in [0, 0.1) is 0 Å². The summed E-state index contributed by atoms with van der Waals surface area (Å²) >= 11 is 0. The van der Waals surface area contributed by atoms with Crippen molar-refractivity contribution < 1.29 is 42.9 Å². The van der Waals surface area contributed by atoms with Gasteiger partial charge in [-0.05, 0) is 96.3 Å². The van der Waals surface area contributed by atoms with E-state index in [1.54, 1.807) is 0 Å². The smallest absolute Gasteiger partial charge is 0.361 e. The molecule has 0 saturated carbocycles. The number of aliphatic carboxylic acids is 1. The van der Waals surface area contributed by atoms with E-state index in [2.05, 4.69) is 111 Å². The maximum Gasteiger partial charge on any atom is 0.361 e. The number of nitrogens with zero attached hydrogens (tertiary/aromatic N) is 1. The lowest BCUT2D eigenvalue weighted by atomic mass is 10.0. The number of carboxylic acids is 1. The Morgan fingerprint density at radius 2 is 0.626 bits per heavy atom. The lowest BCUT2D eigenvalue weighted by Gasteiger charge is -2.25. The number of carbonyl (C=O) groups excluding carboxylic acids is 2. The maximum atomic E-state index is 13.0. The first-order valence-corrected chi connectivity index (χ1v) is 38.4. The molecule has 91 heavy (non-hydrogen) atoms. The zero-order valence-corrected chi connectivity index (χ0v) is 60.2. The first kappa shape index (κ1) is 87.2. The second-order valence-electron chi connectivity index (χ2n) is 26.9. The number of carbonyl (C=O) groups is 3. The molecule has 0 bridgehead atoms. The molecule has 0 saturated heterocycles. The number of hydrogen-bond donors (Lipinski definition) is 1. The van der Waals surface area contributed by atoms with Crippen LogP contribution in [0.15, 0.2) is 97.2 Å². The molecular formula is C82H146NO8+. The van der Waals surface area contributed by atoms with E-state index in [1.807, 2.05) is 21.1 Å². The first-order valence-electron chi connectivity index (χ1n) is 38.4. The number of likely N-dealkylation sites (N-methyl/N-ethyl adjacent to an activating group) is 1. The van der Waals surface area contributed by atoms with Crippen LogP contribution in [0.4, 0.5) is 0 Å². The van der Waals surface area contributed by atoms with Gasteiger partial charge in [0, 0.05) is 12.8 Å². The van der Waals surface area contributed by atoms with Crippen molar-refractivity contribution >= 4 is 17.9 Å². The topological polar surface area (TPSA) is 108 Å². The molecule has 2 unspecified atom stereocenters. The summed E-state index contributed by atoms with van der Waals surface area (Å²) in [5, 5.41) is 9.77. The van der Waals surface area contributed by atoms with Crippen molar-refractivity contribution in [1.82, 2.24) is 0 Å². The fourth-order valence-electron chi connectivity index (χ4n) is 11.0. The van der Waals surface area contributed by atoms with E-state index >= 15 is 0 Å². The van der Waals surface area contributed by atoms with Gasteiger partial charge in [-0.25, -0.2) is 4.79 Å². The van der Waals surface area contributed by atoms with E-state index < -0.39 is 24.3 Å². The number of carboxylic acid groups (broad SMARTS) is 1. The van der Waals surface area contributed by atoms with Gasteiger partial charge in [-0.2, -0.15) is 0 Å². The van der Waals surface area contributed by atoms with Crippen LogP contribution in [-0.4, -0.2) is 87.4 Å². The summed E-state index contributed by atoms with van der Waals surface area (Å²) in [4.78, 5) is 37.7. The summed E-state index contributed by atoms with van der Waals surface area (Å²) in [6.45, 7) is 4.81. The zero-order chi connectivity index (χ0) is 66.1. The number of rotatable bonds is 71. The van der Waals surface area contributed by atoms with Crippen LogP contribution in [0.3, 0.4) is 0 Å². The standard InChI is InChI=1S/C82H145NO8/c1-6-8-10-12-14-16-18-20-22-24-26-28-30-32-34-36-38-39-40-41-43-45-47-49-51-53-55-57-59-61-63-65-67-69-71-73-80(85)91-78(77-90-82(81(86)87)88-75-74-83(3,4)5)76-89-79(84)72-70-68-66-64-62-60-58-56-54-52-50-48-46-44-42-37-35-33-31-29-27-25-23-21-19-17-15-13-11-9-7-2/h8,10,14,16,20,22,25-28,32,34,38-39,41,43,78,82H,6-7,9,11-13,15,17-19,21,23-24,29-31,33,35-37,40,42,44-77H2,1-5H3/p+1/b10-8-,16-14-,22-20-,27-25-,28-26-,34-32-,39-38-,43-41-. The Labute approximate surface area is 562 Å². The number of allylic oxidation sites excluding steroid dienone is 16. The van der Waals surface area contributed by atoms with Crippen LogP contribution < -0.4 is 0 Å². The third-order valence-electron chi connectivity index (χ3n) is 16.8. The Hall–Kier alpha value is -3.79. The van der Waals surface area contributed by atoms with Crippen molar-refractivity contribution in [2.75, 3.05) is 47.5 Å². The molecule has 0 rings (SSSR count). The maximum absolute atomic E-state index is 13.0. The van der Waals surface area contributed by atoms with Crippen molar-refractivity contribution in [3.05, 3.63) is 97.2 Å². The Morgan fingerprint density at radius 1 is 0.341 bits per heavy atom. The van der Waals surface area contributed by atoms with Gasteiger partial charge in [-0.15, -0.1) is 0 Å². The second kappa shape index (κ2) is 72.0. The quantitative estimate of drug-likeness (QED) is 0.0211. The van der Waals surface area contributed by atoms with Crippen molar-refractivity contribution in [3.63, 3.8) is 0 Å². The van der Waals surface area contributed by atoms with Crippen LogP contribution in [0.5, 0.6) is 0 Å². The molecule has 0 aromatic rings. The van der Waals surface area contributed by atoms with Crippen LogP contribution in [0.2, 0.25) is 0 Å². The monoisotopic (exact) mass is 1270 g/mol. The van der Waals surface area contributed by atoms with Crippen molar-refractivity contribution in [1.29, 1.82) is 0 Å². The molecule has 0 aliphatic rings. The molecule has 1 N–H and O–H groups in total. The third kappa shape index (κ3) is 73.5. The largest absolute Gasteiger partial charge is 0.477 e. The molecule has 0 aliphatic heterocycles. The summed E-state index contributed by atoms with van der Waals surface area (Å²) in [5.41, 5.74) is 0. The van der Waals surface area contributed by atoms with Crippen LogP contribution >= 0.6 is 0 Å². The first-order chi connectivity index (χ1) is 44.6. The van der Waals surface area contributed by atoms with E-state index in [0.29, 0.717) is 17.4 Å².